The molecular formula is C30H26FNO3. The van der Waals surface area contributed by atoms with Crippen LogP contribution in [0.5, 0.6) is 11.5 Å². The van der Waals surface area contributed by atoms with Crippen molar-refractivity contribution in [3.8, 4) is 11.5 Å². The van der Waals surface area contributed by atoms with Crippen molar-refractivity contribution in [2.75, 3.05) is 0 Å². The molecule has 0 aliphatic heterocycles. The van der Waals surface area contributed by atoms with E-state index >= 15 is 0 Å². The first-order valence-electron chi connectivity index (χ1n) is 11.8. The second-order valence-corrected chi connectivity index (χ2v) is 9.42. The highest BCUT2D eigenvalue weighted by molar-refractivity contribution is 6.10. The average molecular weight is 467 g/mol. The number of aromatic nitrogens is 1. The fourth-order valence-corrected chi connectivity index (χ4v) is 4.42. The standard InChI is InChI=1S/C30H26FNO3/c1-19-15-25-26(16-20(19)2)32-14-11-27(25)35-24-9-5-22(6-10-24)18-29(34)30(12-13-30)28(33)17-21-3-7-23(31)8-4-21/h3-11,14-16H,12-13,17-18H2,1-2H3/i31-1. The summed E-state index contributed by atoms with van der Waals surface area (Å²) in [7, 11) is 0. The molecule has 1 aromatic heterocycles. The van der Waals surface area contributed by atoms with Crippen molar-refractivity contribution >= 4 is 22.5 Å². The molecule has 1 fully saturated rings. The quantitative estimate of drug-likeness (QED) is 0.279. The van der Waals surface area contributed by atoms with Gasteiger partial charge in [-0.15, -0.1) is 0 Å². The minimum Gasteiger partial charge on any atom is -0.457 e. The number of rotatable bonds is 8. The summed E-state index contributed by atoms with van der Waals surface area (Å²) >= 11 is 0. The minimum atomic E-state index is -0.893. The van der Waals surface area contributed by atoms with Crippen LogP contribution in [0.15, 0.2) is 72.9 Å². The minimum absolute atomic E-state index is 0.0516. The molecule has 1 saturated carbocycles. The monoisotopic (exact) mass is 466 g/mol. The number of aryl methyl sites for hydroxylation is 2. The molecule has 1 heterocycles. The number of halogens is 1. The van der Waals surface area contributed by atoms with Crippen LogP contribution in [-0.4, -0.2) is 16.6 Å². The molecule has 1 aliphatic carbocycles. The lowest BCUT2D eigenvalue weighted by Gasteiger charge is -2.14. The molecule has 35 heavy (non-hydrogen) atoms. The number of ketones is 2. The summed E-state index contributed by atoms with van der Waals surface area (Å²) in [4.78, 5) is 30.4. The maximum absolute atomic E-state index is 13.1. The molecule has 176 valence electrons. The first kappa shape index (κ1) is 22.9. The van der Waals surface area contributed by atoms with Crippen LogP contribution in [0.2, 0.25) is 0 Å². The summed E-state index contributed by atoms with van der Waals surface area (Å²) < 4.78 is 19.3. The van der Waals surface area contributed by atoms with E-state index in [0.717, 1.165) is 27.8 Å². The normalized spacial score (nSPS) is 14.0. The van der Waals surface area contributed by atoms with Crippen LogP contribution in [0, 0.1) is 25.1 Å². The van der Waals surface area contributed by atoms with Gasteiger partial charge in [-0.2, -0.15) is 0 Å². The van der Waals surface area contributed by atoms with Crippen molar-refractivity contribution < 1.29 is 18.7 Å². The zero-order valence-electron chi connectivity index (χ0n) is 19.8. The smallest absolute Gasteiger partial charge is 0.150 e. The molecule has 3 aromatic carbocycles. The largest absolute Gasteiger partial charge is 0.457 e. The van der Waals surface area contributed by atoms with E-state index in [9.17, 15) is 14.0 Å². The first-order chi connectivity index (χ1) is 16.8. The molecule has 1 aliphatic rings. The maximum atomic E-state index is 13.1. The molecule has 0 atom stereocenters. The number of benzene rings is 3. The third-order valence-corrected chi connectivity index (χ3v) is 6.93. The SMILES string of the molecule is Cc1cc2nccc(Oc3ccc(CC(=O)C4(C(=O)Cc5ccc([18F])cc5)CC4)cc3)c2cc1C. The lowest BCUT2D eigenvalue weighted by molar-refractivity contribution is -0.133. The Morgan fingerprint density at radius 3 is 2.03 bits per heavy atom. The van der Waals surface area contributed by atoms with Crippen LogP contribution >= 0.6 is 0 Å². The van der Waals surface area contributed by atoms with Gasteiger partial charge in [-0.1, -0.05) is 24.3 Å². The number of carbonyl (C=O) groups is 2. The first-order valence-corrected chi connectivity index (χ1v) is 11.8. The molecule has 5 heteroatoms. The lowest BCUT2D eigenvalue weighted by Crippen LogP contribution is -2.28. The Morgan fingerprint density at radius 2 is 1.43 bits per heavy atom. The van der Waals surface area contributed by atoms with Gasteiger partial charge in [0.05, 0.1) is 10.9 Å². The van der Waals surface area contributed by atoms with E-state index in [1.54, 1.807) is 18.3 Å². The van der Waals surface area contributed by atoms with E-state index in [1.807, 2.05) is 30.3 Å². The fourth-order valence-electron chi connectivity index (χ4n) is 4.42. The van der Waals surface area contributed by atoms with Gasteiger partial charge in [-0.05, 0) is 91.4 Å². The van der Waals surface area contributed by atoms with Gasteiger partial charge < -0.3 is 4.74 Å². The number of hydrogen-bond acceptors (Lipinski definition) is 4. The number of hydrogen-bond donors (Lipinski definition) is 0. The van der Waals surface area contributed by atoms with Gasteiger partial charge >= 0.3 is 0 Å². The van der Waals surface area contributed by atoms with Crippen LogP contribution in [0.25, 0.3) is 10.9 Å². The summed E-state index contributed by atoms with van der Waals surface area (Å²) in [5, 5.41) is 0.949. The highest BCUT2D eigenvalue weighted by atomic mass is 18.2. The number of ether oxygens (including phenoxy) is 1. The van der Waals surface area contributed by atoms with Crippen LogP contribution in [-0.2, 0) is 22.4 Å². The molecule has 0 N–H and O–H groups in total. The third-order valence-electron chi connectivity index (χ3n) is 6.93. The van der Waals surface area contributed by atoms with E-state index in [4.69, 9.17) is 4.74 Å². The zero-order chi connectivity index (χ0) is 24.6. The van der Waals surface area contributed by atoms with E-state index in [1.165, 1.54) is 23.3 Å². The van der Waals surface area contributed by atoms with Crippen molar-refractivity contribution in [1.29, 1.82) is 0 Å². The fraction of sp³-hybridized carbons (Fsp3) is 0.233. The Kier molecular flexibility index (Phi) is 5.93. The Morgan fingerprint density at radius 1 is 0.857 bits per heavy atom. The molecule has 0 radical (unpaired) electrons. The second kappa shape index (κ2) is 9.06. The average Bonchev–Trinajstić information content (AvgIpc) is 3.65. The van der Waals surface area contributed by atoms with Crippen molar-refractivity contribution in [2.24, 2.45) is 5.41 Å². The van der Waals surface area contributed by atoms with Gasteiger partial charge in [-0.25, -0.2) is 4.39 Å². The van der Waals surface area contributed by atoms with Gasteiger partial charge in [0.25, 0.3) is 0 Å². The topological polar surface area (TPSA) is 56.3 Å². The molecule has 0 amide bonds. The van der Waals surface area contributed by atoms with Crippen molar-refractivity contribution in [1.82, 2.24) is 4.98 Å². The van der Waals surface area contributed by atoms with E-state index in [2.05, 4.69) is 31.0 Å². The number of carbonyl (C=O) groups excluding carboxylic acids is 2. The van der Waals surface area contributed by atoms with Crippen LogP contribution in [0.1, 0.15) is 35.1 Å². The van der Waals surface area contributed by atoms with Crippen LogP contribution in [0.3, 0.4) is 0 Å². The summed E-state index contributed by atoms with van der Waals surface area (Å²) in [6, 6.07) is 19.3. The predicted octanol–water partition coefficient (Wildman–Crippen LogP) is 6.49. The Hall–Kier alpha value is -3.86. The maximum Gasteiger partial charge on any atom is 0.150 e. The molecule has 0 bridgehead atoms. The van der Waals surface area contributed by atoms with Gasteiger partial charge in [0.15, 0.2) is 11.6 Å². The van der Waals surface area contributed by atoms with Crippen molar-refractivity contribution in [3.05, 3.63) is 101 Å². The zero-order valence-corrected chi connectivity index (χ0v) is 19.8. The number of nitrogens with zero attached hydrogens (tertiary/aromatic N) is 1. The highest BCUT2D eigenvalue weighted by Crippen LogP contribution is 2.48. The summed E-state index contributed by atoms with van der Waals surface area (Å²) in [5.41, 5.74) is 3.91. The van der Waals surface area contributed by atoms with Gasteiger partial charge in [-0.3, -0.25) is 14.6 Å². The van der Waals surface area contributed by atoms with E-state index < -0.39 is 5.41 Å². The summed E-state index contributed by atoms with van der Waals surface area (Å²) in [6.07, 6.45) is 3.25. The van der Waals surface area contributed by atoms with Crippen molar-refractivity contribution in [3.63, 3.8) is 0 Å². The molecule has 4 aromatic rings. The number of pyridine rings is 1. The molecular weight excluding hydrogens is 440 g/mol. The number of Topliss-reactive ketones (excluding diaryl/α,β-unsaturated/α-hetero) is 2. The molecule has 4 nitrogen and oxygen atoms in total. The molecule has 0 unspecified atom stereocenters. The van der Waals surface area contributed by atoms with Crippen molar-refractivity contribution in [2.45, 2.75) is 39.5 Å². The molecule has 0 spiro atoms. The third kappa shape index (κ3) is 4.72. The predicted molar refractivity (Wildman–Crippen MR) is 133 cm³/mol. The van der Waals surface area contributed by atoms with E-state index in [-0.39, 0.29) is 30.2 Å². The van der Waals surface area contributed by atoms with Crippen LogP contribution in [0.4, 0.5) is 4.39 Å². The van der Waals surface area contributed by atoms with Gasteiger partial charge in [0.2, 0.25) is 0 Å². The number of fused-ring (bicyclic) bond motifs is 1. The Labute approximate surface area is 203 Å². The highest BCUT2D eigenvalue weighted by Gasteiger charge is 2.54. The van der Waals surface area contributed by atoms with E-state index in [0.29, 0.717) is 18.6 Å². The summed E-state index contributed by atoms with van der Waals surface area (Å²) in [5.74, 6) is 0.923. The lowest BCUT2D eigenvalue weighted by atomic mass is 9.88. The van der Waals surface area contributed by atoms with Gasteiger partial charge in [0.1, 0.15) is 17.3 Å². The Balaban J connectivity index is 1.26. The molecule has 5 rings (SSSR count). The van der Waals surface area contributed by atoms with Crippen LogP contribution < -0.4 is 4.74 Å². The second-order valence-electron chi connectivity index (χ2n) is 9.42. The van der Waals surface area contributed by atoms with Gasteiger partial charge in [0, 0.05) is 24.4 Å². The summed E-state index contributed by atoms with van der Waals surface area (Å²) in [6.45, 7) is 4.13. The molecule has 0 saturated heterocycles. The Bertz CT molecular complexity index is 1420.